The van der Waals surface area contributed by atoms with Crippen LogP contribution in [-0.4, -0.2) is 88.0 Å². The molecule has 0 aliphatic carbocycles. The van der Waals surface area contributed by atoms with Crippen molar-refractivity contribution in [1.29, 1.82) is 0 Å². The molecule has 6 aromatic carbocycles. The molecule has 0 unspecified atom stereocenters. The SMILES string of the molecule is CCOC(=O)c1cc(F)cc(NS(=O)(=O)CC2CN(C(c3ccc(Br)cc3)c3ccc(Br)cc3)C2)c1.O=C(O)c1cc(F)cc(NS(=O)(=O)CC2CN(C(c3ccc(F)cc3)c3ccc(F)cc3)C2)c1. The Morgan fingerprint density at radius 3 is 1.27 bits per heavy atom. The number of likely N-dealkylation sites (tertiary alicyclic amines) is 2. The predicted octanol–water partition coefficient (Wildman–Crippen LogP) is 10.3. The molecule has 12 nitrogen and oxygen atoms in total. The van der Waals surface area contributed by atoms with Crippen molar-refractivity contribution in [1.82, 2.24) is 9.80 Å². The normalized spacial score (nSPS) is 14.6. The molecule has 3 N–H and O–H groups in total. The second-order valence-corrected chi connectivity index (χ2v) is 22.3. The maximum Gasteiger partial charge on any atom is 0.338 e. The van der Waals surface area contributed by atoms with E-state index in [1.54, 1.807) is 31.2 Å². The van der Waals surface area contributed by atoms with Crippen LogP contribution in [0.1, 0.15) is 62.0 Å². The summed E-state index contributed by atoms with van der Waals surface area (Å²) in [6, 6.07) is 33.9. The quantitative estimate of drug-likeness (QED) is 0.0592. The van der Waals surface area contributed by atoms with E-state index in [0.717, 1.165) is 61.5 Å². The van der Waals surface area contributed by atoms with Crippen molar-refractivity contribution < 1.29 is 53.8 Å². The molecule has 0 amide bonds. The number of sulfonamides is 2. The molecule has 0 spiro atoms. The molecular weight excluding hydrogens is 1080 g/mol. The van der Waals surface area contributed by atoms with Gasteiger partial charge in [0.1, 0.15) is 23.3 Å². The molecule has 8 rings (SSSR count). The standard InChI is InChI=1S/C26H25Br2FN2O4S.C24H21F3N2O4S/c1-2-35-26(32)20-11-23(29)13-24(12-20)30-36(33,34)16-17-14-31(15-17)25(18-3-7-21(27)8-4-18)19-5-9-22(28)10-6-19;25-19-5-1-16(2-6-19)23(17-3-7-20(26)8-4-17)29-12-15(13-29)14-34(32,33)28-22-10-18(24(30)31)9-21(27)11-22/h3-13,17,25,30H,2,14-16H2,1H3;1-11,15,23,28H,12-14H2,(H,30,31). The second-order valence-electron chi connectivity index (χ2n) is 16.9. The van der Waals surface area contributed by atoms with Gasteiger partial charge in [-0.25, -0.2) is 44.0 Å². The van der Waals surface area contributed by atoms with E-state index in [-0.39, 0.29) is 76.2 Å². The van der Waals surface area contributed by atoms with Crippen LogP contribution in [0, 0.1) is 35.1 Å². The number of halogens is 6. The average molecular weight is 1130 g/mol. The number of anilines is 2. The van der Waals surface area contributed by atoms with Crippen molar-refractivity contribution in [3.63, 3.8) is 0 Å². The van der Waals surface area contributed by atoms with Crippen LogP contribution in [0.4, 0.5) is 28.9 Å². The smallest absolute Gasteiger partial charge is 0.338 e. The van der Waals surface area contributed by atoms with E-state index in [9.17, 15) is 44.0 Å². The van der Waals surface area contributed by atoms with Gasteiger partial charge >= 0.3 is 11.9 Å². The van der Waals surface area contributed by atoms with Crippen molar-refractivity contribution in [2.45, 2.75) is 19.0 Å². The molecule has 6 aromatic rings. The molecule has 20 heteroatoms. The summed E-state index contributed by atoms with van der Waals surface area (Å²) in [4.78, 5) is 27.3. The number of hydrogen-bond donors (Lipinski definition) is 3. The zero-order chi connectivity index (χ0) is 50.3. The Morgan fingerprint density at radius 2 is 0.914 bits per heavy atom. The Bertz CT molecular complexity index is 2950. The molecule has 2 aliphatic rings. The highest BCUT2D eigenvalue weighted by atomic mass is 79.9. The van der Waals surface area contributed by atoms with Gasteiger partial charge in [0.05, 0.1) is 52.7 Å². The summed E-state index contributed by atoms with van der Waals surface area (Å²) in [7, 11) is -7.64. The van der Waals surface area contributed by atoms with E-state index in [1.807, 2.05) is 29.2 Å². The number of ether oxygens (including phenoxy) is 1. The van der Waals surface area contributed by atoms with Crippen LogP contribution in [-0.2, 0) is 24.8 Å². The van der Waals surface area contributed by atoms with Crippen molar-refractivity contribution >= 4 is 75.2 Å². The topological polar surface area (TPSA) is 162 Å². The van der Waals surface area contributed by atoms with Crippen LogP contribution in [0.15, 0.2) is 142 Å². The Hall–Kier alpha value is -5.64. The number of hydrogen-bond acceptors (Lipinski definition) is 9. The number of benzene rings is 6. The van der Waals surface area contributed by atoms with Crippen molar-refractivity contribution in [3.05, 3.63) is 199 Å². The highest BCUT2D eigenvalue weighted by Crippen LogP contribution is 2.37. The third kappa shape index (κ3) is 14.0. The Labute approximate surface area is 420 Å². The van der Waals surface area contributed by atoms with Crippen LogP contribution in [0.3, 0.4) is 0 Å². The minimum absolute atomic E-state index is 0.00293. The molecule has 2 heterocycles. The number of nitrogens with one attached hydrogen (secondary N) is 2. The fourth-order valence-corrected chi connectivity index (χ4v) is 11.8. The number of rotatable bonds is 17. The average Bonchev–Trinajstić information content (AvgIpc) is 3.26. The van der Waals surface area contributed by atoms with Crippen molar-refractivity contribution in [3.8, 4) is 0 Å². The lowest BCUT2D eigenvalue weighted by molar-refractivity contribution is 0.0525. The van der Waals surface area contributed by atoms with Crippen LogP contribution < -0.4 is 9.44 Å². The summed E-state index contributed by atoms with van der Waals surface area (Å²) in [6.45, 7) is 3.77. The largest absolute Gasteiger partial charge is 0.478 e. The van der Waals surface area contributed by atoms with Crippen molar-refractivity contribution in [2.24, 2.45) is 11.8 Å². The maximum atomic E-state index is 14.0. The number of carbonyl (C=O) groups is 2. The minimum atomic E-state index is -3.88. The predicted molar refractivity (Wildman–Crippen MR) is 265 cm³/mol. The number of carbonyl (C=O) groups excluding carboxylic acids is 1. The van der Waals surface area contributed by atoms with Gasteiger partial charge < -0.3 is 9.84 Å². The van der Waals surface area contributed by atoms with E-state index >= 15 is 0 Å². The number of aromatic carboxylic acids is 1. The first kappa shape index (κ1) is 52.2. The van der Waals surface area contributed by atoms with E-state index in [1.165, 1.54) is 30.3 Å². The van der Waals surface area contributed by atoms with Gasteiger partial charge in [0, 0.05) is 47.0 Å². The third-order valence-electron chi connectivity index (χ3n) is 11.5. The van der Waals surface area contributed by atoms with E-state index in [0.29, 0.717) is 26.2 Å². The van der Waals surface area contributed by atoms with Crippen LogP contribution in [0.5, 0.6) is 0 Å². The van der Waals surface area contributed by atoms with Gasteiger partial charge in [-0.3, -0.25) is 19.2 Å². The minimum Gasteiger partial charge on any atom is -0.478 e. The summed E-state index contributed by atoms with van der Waals surface area (Å²) < 4.78 is 117. The van der Waals surface area contributed by atoms with E-state index < -0.39 is 43.6 Å². The molecular formula is C50H46Br2F4N4O8S2. The number of nitrogens with zero attached hydrogens (tertiary/aromatic N) is 2. The van der Waals surface area contributed by atoms with Gasteiger partial charge in [-0.05, 0) is 114 Å². The first-order valence-corrected chi connectivity index (χ1v) is 26.6. The number of esters is 1. The van der Waals surface area contributed by atoms with E-state index in [2.05, 4.69) is 70.5 Å². The molecule has 2 fully saturated rings. The first-order chi connectivity index (χ1) is 33.2. The molecule has 0 radical (unpaired) electrons. The van der Waals surface area contributed by atoms with Gasteiger partial charge in [0.25, 0.3) is 0 Å². The molecule has 0 atom stereocenters. The van der Waals surface area contributed by atoms with Gasteiger partial charge in [-0.1, -0.05) is 80.4 Å². The zero-order valence-electron chi connectivity index (χ0n) is 37.2. The Morgan fingerprint density at radius 1 is 0.571 bits per heavy atom. The molecule has 0 bridgehead atoms. The Kier molecular flexibility index (Phi) is 16.9. The molecule has 0 aromatic heterocycles. The van der Waals surface area contributed by atoms with Crippen molar-refractivity contribution in [2.75, 3.05) is 53.7 Å². The Balaban J connectivity index is 0.000000207. The van der Waals surface area contributed by atoms with Gasteiger partial charge in [-0.15, -0.1) is 0 Å². The summed E-state index contributed by atoms with van der Waals surface area (Å²) in [6.07, 6.45) is 0. The highest BCUT2D eigenvalue weighted by molar-refractivity contribution is 9.10. The first-order valence-electron chi connectivity index (χ1n) is 21.8. The molecule has 368 valence electrons. The monoisotopic (exact) mass is 1130 g/mol. The maximum absolute atomic E-state index is 14.0. The molecule has 0 saturated carbocycles. The van der Waals surface area contributed by atoms with Gasteiger partial charge in [0.2, 0.25) is 20.0 Å². The van der Waals surface area contributed by atoms with Crippen LogP contribution in [0.25, 0.3) is 0 Å². The summed E-state index contributed by atoms with van der Waals surface area (Å²) in [5, 5.41) is 9.03. The van der Waals surface area contributed by atoms with E-state index in [4.69, 9.17) is 9.84 Å². The molecule has 2 aliphatic heterocycles. The second kappa shape index (κ2) is 22.6. The molecule has 2 saturated heterocycles. The van der Waals surface area contributed by atoms with Gasteiger partial charge in [0.15, 0.2) is 0 Å². The van der Waals surface area contributed by atoms with Crippen LogP contribution in [0.2, 0.25) is 0 Å². The lowest BCUT2D eigenvalue weighted by atomic mass is 9.91. The lowest BCUT2D eigenvalue weighted by Crippen LogP contribution is -2.51. The zero-order valence-corrected chi connectivity index (χ0v) is 42.0. The van der Waals surface area contributed by atoms with Crippen LogP contribution >= 0.6 is 31.9 Å². The number of carboxylic acid groups (broad SMARTS) is 1. The highest BCUT2D eigenvalue weighted by Gasteiger charge is 2.38. The number of carboxylic acids is 1. The van der Waals surface area contributed by atoms with Gasteiger partial charge in [-0.2, -0.15) is 0 Å². The summed E-state index contributed by atoms with van der Waals surface area (Å²) in [5.41, 5.74) is 3.23. The molecule has 70 heavy (non-hydrogen) atoms. The fourth-order valence-electron chi connectivity index (χ4n) is 8.48. The summed E-state index contributed by atoms with van der Waals surface area (Å²) in [5.74, 6) is -5.13. The fraction of sp³-hybridized carbons (Fsp3) is 0.240. The third-order valence-corrected chi connectivity index (χ3v) is 15.4. The lowest BCUT2D eigenvalue weighted by Gasteiger charge is -2.44. The summed E-state index contributed by atoms with van der Waals surface area (Å²) >= 11 is 6.96.